The van der Waals surface area contributed by atoms with Crippen LogP contribution in [-0.2, 0) is 15.3 Å². The van der Waals surface area contributed by atoms with Crippen LogP contribution in [0.15, 0.2) is 46.9 Å². The molecule has 0 saturated heterocycles. The average molecular weight is 407 g/mol. The Labute approximate surface area is 149 Å². The standard InChI is InChI=1S/C17H16BrN2O3P/c1-2-23-24(22)11-12-3-5-13(6-4-12)17(21)20-16-8-7-15(18)9-14(16)10-19/h3-9,24H,2,11H2,1H3,(H,20,21). The molecular formula is C17H16BrN2O3P. The van der Waals surface area contributed by atoms with Crippen molar-refractivity contribution in [2.24, 2.45) is 0 Å². The quantitative estimate of drug-likeness (QED) is 0.711. The van der Waals surface area contributed by atoms with Gasteiger partial charge in [-0.05, 0) is 42.8 Å². The molecule has 5 nitrogen and oxygen atoms in total. The first-order valence-corrected chi connectivity index (χ1v) is 9.60. The van der Waals surface area contributed by atoms with Gasteiger partial charge in [0.05, 0.1) is 17.9 Å². The zero-order valence-electron chi connectivity index (χ0n) is 13.0. The van der Waals surface area contributed by atoms with E-state index in [1.165, 1.54) is 0 Å². The smallest absolute Gasteiger partial charge is 0.255 e. The second-order valence-corrected chi connectivity index (χ2v) is 7.24. The third kappa shape index (κ3) is 5.04. The first-order valence-electron chi connectivity index (χ1n) is 7.29. The number of halogens is 1. The molecule has 1 unspecified atom stereocenters. The van der Waals surface area contributed by atoms with Gasteiger partial charge in [-0.1, -0.05) is 28.1 Å². The highest BCUT2D eigenvalue weighted by Crippen LogP contribution is 2.28. The second kappa shape index (κ2) is 8.79. The summed E-state index contributed by atoms with van der Waals surface area (Å²) in [5, 5.41) is 11.9. The molecule has 24 heavy (non-hydrogen) atoms. The predicted octanol–water partition coefficient (Wildman–Crippen LogP) is 4.58. The molecule has 0 aliphatic rings. The summed E-state index contributed by atoms with van der Waals surface area (Å²) in [6.45, 7) is 2.22. The number of hydrogen-bond acceptors (Lipinski definition) is 4. The molecular weight excluding hydrogens is 391 g/mol. The molecule has 0 saturated carbocycles. The van der Waals surface area contributed by atoms with Gasteiger partial charge in [0, 0.05) is 16.2 Å². The third-order valence-corrected chi connectivity index (χ3v) is 5.02. The van der Waals surface area contributed by atoms with E-state index >= 15 is 0 Å². The van der Waals surface area contributed by atoms with Crippen LogP contribution in [0.1, 0.15) is 28.4 Å². The van der Waals surface area contributed by atoms with E-state index in [4.69, 9.17) is 9.79 Å². The van der Waals surface area contributed by atoms with Crippen molar-refractivity contribution < 1.29 is 13.9 Å². The number of anilines is 1. The van der Waals surface area contributed by atoms with Crippen LogP contribution in [0.2, 0.25) is 0 Å². The van der Waals surface area contributed by atoms with Crippen LogP contribution >= 0.6 is 24.0 Å². The van der Waals surface area contributed by atoms with Crippen LogP contribution in [-0.4, -0.2) is 12.5 Å². The van der Waals surface area contributed by atoms with Crippen molar-refractivity contribution in [2.75, 3.05) is 11.9 Å². The summed E-state index contributed by atoms with van der Waals surface area (Å²) in [5.41, 5.74) is 2.15. The van der Waals surface area contributed by atoms with Gasteiger partial charge < -0.3 is 9.84 Å². The molecule has 1 atom stereocenters. The van der Waals surface area contributed by atoms with E-state index in [-0.39, 0.29) is 5.91 Å². The molecule has 2 rings (SSSR count). The van der Waals surface area contributed by atoms with E-state index in [2.05, 4.69) is 21.2 Å². The Morgan fingerprint density at radius 3 is 2.62 bits per heavy atom. The number of carbonyl (C=O) groups is 1. The van der Waals surface area contributed by atoms with Gasteiger partial charge in [0.1, 0.15) is 6.07 Å². The van der Waals surface area contributed by atoms with Gasteiger partial charge in [0.15, 0.2) is 8.03 Å². The molecule has 124 valence electrons. The van der Waals surface area contributed by atoms with Gasteiger partial charge in [0.2, 0.25) is 0 Å². The first kappa shape index (κ1) is 18.4. The number of nitrogens with one attached hydrogen (secondary N) is 1. The molecule has 1 N–H and O–H groups in total. The number of rotatable bonds is 6. The van der Waals surface area contributed by atoms with E-state index < -0.39 is 8.03 Å². The Morgan fingerprint density at radius 1 is 1.29 bits per heavy atom. The number of hydrogen-bond donors (Lipinski definition) is 1. The number of nitriles is 1. The van der Waals surface area contributed by atoms with Gasteiger partial charge >= 0.3 is 0 Å². The molecule has 0 fully saturated rings. The predicted molar refractivity (Wildman–Crippen MR) is 97.6 cm³/mol. The molecule has 0 heterocycles. The maximum Gasteiger partial charge on any atom is 0.255 e. The molecule has 1 amide bonds. The van der Waals surface area contributed by atoms with Gasteiger partial charge in [-0.25, -0.2) is 0 Å². The number of amides is 1. The molecule has 0 aromatic heterocycles. The van der Waals surface area contributed by atoms with E-state index in [0.717, 1.165) is 10.0 Å². The molecule has 0 aliphatic heterocycles. The van der Waals surface area contributed by atoms with E-state index in [1.54, 1.807) is 49.4 Å². The lowest BCUT2D eigenvalue weighted by Crippen LogP contribution is -2.12. The Hall–Kier alpha value is -1.93. The monoisotopic (exact) mass is 406 g/mol. The highest BCUT2D eigenvalue weighted by atomic mass is 79.9. The molecule has 2 aromatic rings. The van der Waals surface area contributed by atoms with Crippen molar-refractivity contribution in [1.82, 2.24) is 0 Å². The fourth-order valence-electron chi connectivity index (χ4n) is 2.07. The zero-order chi connectivity index (χ0) is 17.5. The highest BCUT2D eigenvalue weighted by molar-refractivity contribution is 9.10. The molecule has 0 bridgehead atoms. The van der Waals surface area contributed by atoms with Gasteiger partial charge in [-0.3, -0.25) is 9.36 Å². The van der Waals surface area contributed by atoms with Crippen molar-refractivity contribution in [3.05, 3.63) is 63.6 Å². The summed E-state index contributed by atoms with van der Waals surface area (Å²) in [5.74, 6) is -0.308. The van der Waals surface area contributed by atoms with Crippen LogP contribution < -0.4 is 5.32 Å². The van der Waals surface area contributed by atoms with Crippen LogP contribution in [0.3, 0.4) is 0 Å². The molecule has 0 radical (unpaired) electrons. The SMILES string of the molecule is CCO[PH](=O)Cc1ccc(C(=O)Nc2ccc(Br)cc2C#N)cc1. The molecule has 2 aromatic carbocycles. The summed E-state index contributed by atoms with van der Waals surface area (Å²) in [4.78, 5) is 12.3. The summed E-state index contributed by atoms with van der Waals surface area (Å²) in [7, 11) is -2.08. The van der Waals surface area contributed by atoms with Gasteiger partial charge in [0.25, 0.3) is 5.91 Å². The van der Waals surface area contributed by atoms with Crippen LogP contribution in [0.4, 0.5) is 5.69 Å². The summed E-state index contributed by atoms with van der Waals surface area (Å²) in [6, 6.07) is 13.9. The van der Waals surface area contributed by atoms with Gasteiger partial charge in [-0.15, -0.1) is 0 Å². The van der Waals surface area contributed by atoms with Crippen molar-refractivity contribution in [3.63, 3.8) is 0 Å². The maximum atomic E-state index is 12.3. The lowest BCUT2D eigenvalue weighted by Gasteiger charge is -2.08. The Kier molecular flexibility index (Phi) is 6.74. The number of nitrogens with zero attached hydrogens (tertiary/aromatic N) is 1. The highest BCUT2D eigenvalue weighted by Gasteiger charge is 2.10. The first-order chi connectivity index (χ1) is 11.5. The largest absolute Gasteiger partial charge is 0.331 e. The zero-order valence-corrected chi connectivity index (χ0v) is 15.6. The Bertz CT molecular complexity index is 800. The minimum absolute atomic E-state index is 0.308. The molecule has 0 spiro atoms. The van der Waals surface area contributed by atoms with E-state index in [1.807, 2.05) is 6.07 Å². The van der Waals surface area contributed by atoms with Crippen molar-refractivity contribution in [3.8, 4) is 6.07 Å². The van der Waals surface area contributed by atoms with E-state index in [9.17, 15) is 9.36 Å². The van der Waals surface area contributed by atoms with Crippen molar-refractivity contribution in [2.45, 2.75) is 13.1 Å². The van der Waals surface area contributed by atoms with E-state index in [0.29, 0.717) is 29.6 Å². The fraction of sp³-hybridized carbons (Fsp3) is 0.176. The normalized spacial score (nSPS) is 11.5. The molecule has 0 aliphatic carbocycles. The fourth-order valence-corrected chi connectivity index (χ4v) is 3.42. The lowest BCUT2D eigenvalue weighted by molar-refractivity contribution is 0.102. The van der Waals surface area contributed by atoms with Crippen LogP contribution in [0.5, 0.6) is 0 Å². The Morgan fingerprint density at radius 2 is 2.00 bits per heavy atom. The summed E-state index contributed by atoms with van der Waals surface area (Å²) in [6.07, 6.45) is 0.353. The Balaban J connectivity index is 2.08. The van der Waals surface area contributed by atoms with Crippen molar-refractivity contribution in [1.29, 1.82) is 5.26 Å². The third-order valence-electron chi connectivity index (χ3n) is 3.22. The van der Waals surface area contributed by atoms with Crippen molar-refractivity contribution >= 4 is 35.6 Å². The second-order valence-electron chi connectivity index (χ2n) is 4.93. The van der Waals surface area contributed by atoms with Crippen LogP contribution in [0.25, 0.3) is 0 Å². The maximum absolute atomic E-state index is 12.3. The van der Waals surface area contributed by atoms with Crippen LogP contribution in [0, 0.1) is 11.3 Å². The topological polar surface area (TPSA) is 79.2 Å². The lowest BCUT2D eigenvalue weighted by atomic mass is 10.1. The van der Waals surface area contributed by atoms with Gasteiger partial charge in [-0.2, -0.15) is 5.26 Å². The summed E-state index contributed by atoms with van der Waals surface area (Å²) < 4.78 is 17.5. The average Bonchev–Trinajstić information content (AvgIpc) is 2.57. The molecule has 7 heteroatoms. The minimum atomic E-state index is -2.08. The number of benzene rings is 2. The minimum Gasteiger partial charge on any atom is -0.331 e. The number of carbonyl (C=O) groups excluding carboxylic acids is 1. The summed E-state index contributed by atoms with van der Waals surface area (Å²) >= 11 is 3.29.